The number of rotatable bonds is 7. The van der Waals surface area contributed by atoms with Crippen LogP contribution < -0.4 is 15.4 Å². The van der Waals surface area contributed by atoms with E-state index in [1.54, 1.807) is 17.4 Å². The normalized spacial score (nSPS) is 11.2. The molecule has 0 radical (unpaired) electrons. The summed E-state index contributed by atoms with van der Waals surface area (Å²) < 4.78 is 48.3. The van der Waals surface area contributed by atoms with E-state index in [1.165, 1.54) is 24.3 Å². The van der Waals surface area contributed by atoms with Crippen LogP contribution in [0, 0.1) is 13.8 Å². The number of ether oxygens (including phenoxy) is 1. The second-order valence-electron chi connectivity index (χ2n) is 7.12. The lowest BCUT2D eigenvalue weighted by molar-refractivity contribution is -0.123. The first-order valence-corrected chi connectivity index (χ1v) is 9.66. The number of amides is 2. The van der Waals surface area contributed by atoms with E-state index < -0.39 is 24.5 Å². The number of furan rings is 1. The van der Waals surface area contributed by atoms with Crippen LogP contribution in [-0.2, 0) is 6.61 Å². The van der Waals surface area contributed by atoms with E-state index >= 15 is 0 Å². The van der Waals surface area contributed by atoms with Gasteiger partial charge in [0.25, 0.3) is 11.8 Å². The number of benzene rings is 2. The molecule has 2 aromatic carbocycles. The van der Waals surface area contributed by atoms with Crippen LogP contribution in [0.2, 0.25) is 0 Å². The van der Waals surface area contributed by atoms with Crippen LogP contribution in [0.5, 0.6) is 5.75 Å². The summed E-state index contributed by atoms with van der Waals surface area (Å²) in [5.74, 6) is -0.545. The van der Waals surface area contributed by atoms with Gasteiger partial charge < -0.3 is 19.8 Å². The molecule has 0 saturated heterocycles. The Bertz CT molecular complexity index is 1120. The summed E-state index contributed by atoms with van der Waals surface area (Å²) in [6, 6.07) is 14.5. The Labute approximate surface area is 182 Å². The minimum atomic E-state index is -4.54. The molecule has 0 spiro atoms. The fraction of sp³-hybridized carbons (Fsp3) is 0.217. The van der Waals surface area contributed by atoms with Crippen molar-refractivity contribution in [2.75, 3.05) is 11.9 Å². The number of halogens is 3. The molecule has 0 unspecified atom stereocenters. The van der Waals surface area contributed by atoms with Gasteiger partial charge in [-0.25, -0.2) is 0 Å². The van der Waals surface area contributed by atoms with Gasteiger partial charge in [-0.3, -0.25) is 9.59 Å². The minimum Gasteiger partial charge on any atom is -0.485 e. The number of para-hydroxylation sites is 1. The predicted octanol–water partition coefficient (Wildman–Crippen LogP) is 5.02. The third-order valence-corrected chi connectivity index (χ3v) is 4.46. The molecule has 0 aliphatic heterocycles. The maximum Gasteiger partial charge on any atom is 0.405 e. The van der Waals surface area contributed by atoms with Gasteiger partial charge in [0.05, 0.1) is 11.3 Å². The Balaban J connectivity index is 1.64. The van der Waals surface area contributed by atoms with Crippen LogP contribution in [0.15, 0.2) is 59.0 Å². The Morgan fingerprint density at radius 3 is 2.47 bits per heavy atom. The van der Waals surface area contributed by atoms with Gasteiger partial charge in [0.15, 0.2) is 5.76 Å². The van der Waals surface area contributed by atoms with E-state index in [9.17, 15) is 22.8 Å². The van der Waals surface area contributed by atoms with Gasteiger partial charge in [0.2, 0.25) is 0 Å². The molecule has 3 aromatic rings. The molecular weight excluding hydrogens is 425 g/mol. The van der Waals surface area contributed by atoms with Crippen molar-refractivity contribution in [2.24, 2.45) is 0 Å². The fourth-order valence-electron chi connectivity index (χ4n) is 2.94. The summed E-state index contributed by atoms with van der Waals surface area (Å²) in [6.45, 7) is 2.53. The van der Waals surface area contributed by atoms with Crippen LogP contribution in [0.1, 0.15) is 37.8 Å². The molecule has 2 amide bonds. The number of anilines is 1. The lowest BCUT2D eigenvalue weighted by atomic mass is 10.1. The molecule has 32 heavy (non-hydrogen) atoms. The molecule has 0 fully saturated rings. The third kappa shape index (κ3) is 6.13. The average Bonchev–Trinajstić information content (AvgIpc) is 3.20. The van der Waals surface area contributed by atoms with Gasteiger partial charge in [0.1, 0.15) is 24.7 Å². The smallest absolute Gasteiger partial charge is 0.405 e. The quantitative estimate of drug-likeness (QED) is 0.534. The summed E-state index contributed by atoms with van der Waals surface area (Å²) in [6.07, 6.45) is -4.54. The van der Waals surface area contributed by atoms with Crippen molar-refractivity contribution < 1.29 is 31.9 Å². The highest BCUT2D eigenvalue weighted by molar-refractivity contribution is 6.07. The zero-order valence-electron chi connectivity index (χ0n) is 17.4. The monoisotopic (exact) mass is 446 g/mol. The maximum absolute atomic E-state index is 12.5. The second kappa shape index (κ2) is 9.59. The van der Waals surface area contributed by atoms with Gasteiger partial charge in [-0.15, -0.1) is 0 Å². The Hall–Kier alpha value is -3.75. The summed E-state index contributed by atoms with van der Waals surface area (Å²) in [5.41, 5.74) is 2.03. The number of nitrogens with one attached hydrogen (secondary N) is 2. The van der Waals surface area contributed by atoms with Gasteiger partial charge >= 0.3 is 6.18 Å². The van der Waals surface area contributed by atoms with E-state index in [2.05, 4.69) is 5.32 Å². The first kappa shape index (κ1) is 22.9. The molecule has 9 heteroatoms. The minimum absolute atomic E-state index is 0.0327. The first-order valence-electron chi connectivity index (χ1n) is 9.66. The Kier molecular flexibility index (Phi) is 6.87. The molecule has 6 nitrogen and oxygen atoms in total. The molecule has 0 aliphatic rings. The summed E-state index contributed by atoms with van der Waals surface area (Å²) >= 11 is 0. The number of alkyl halides is 3. The van der Waals surface area contributed by atoms with Gasteiger partial charge in [-0.1, -0.05) is 29.8 Å². The van der Waals surface area contributed by atoms with Gasteiger partial charge in [-0.2, -0.15) is 13.2 Å². The lowest BCUT2D eigenvalue weighted by Crippen LogP contribution is -2.34. The molecule has 0 saturated carbocycles. The molecule has 0 atom stereocenters. The molecule has 1 aromatic heterocycles. The molecule has 1 heterocycles. The highest BCUT2D eigenvalue weighted by atomic mass is 19.4. The zero-order valence-corrected chi connectivity index (χ0v) is 17.4. The lowest BCUT2D eigenvalue weighted by Gasteiger charge is -2.12. The van der Waals surface area contributed by atoms with Crippen molar-refractivity contribution in [3.05, 3.63) is 82.8 Å². The van der Waals surface area contributed by atoms with Crippen LogP contribution in [-0.4, -0.2) is 24.5 Å². The Morgan fingerprint density at radius 1 is 1.00 bits per heavy atom. The van der Waals surface area contributed by atoms with E-state index in [4.69, 9.17) is 9.15 Å². The number of hydrogen-bond acceptors (Lipinski definition) is 4. The van der Waals surface area contributed by atoms with E-state index in [1.807, 2.05) is 32.0 Å². The summed E-state index contributed by atoms with van der Waals surface area (Å²) in [5, 5.41) is 4.27. The van der Waals surface area contributed by atoms with Crippen LogP contribution in [0.25, 0.3) is 0 Å². The SMILES string of the molecule is Cc1ccc(OCc2ccc(C(=O)Nc3ccccc3C(=O)NCC(F)(F)F)o2)c(C)c1. The van der Waals surface area contributed by atoms with Crippen molar-refractivity contribution in [2.45, 2.75) is 26.6 Å². The van der Waals surface area contributed by atoms with Gasteiger partial charge in [-0.05, 0) is 49.7 Å². The fourth-order valence-corrected chi connectivity index (χ4v) is 2.94. The maximum atomic E-state index is 12.5. The second-order valence-corrected chi connectivity index (χ2v) is 7.12. The van der Waals surface area contributed by atoms with E-state index in [-0.39, 0.29) is 23.6 Å². The molecular formula is C23H21F3N2O4. The average molecular weight is 446 g/mol. The molecule has 3 rings (SSSR count). The topological polar surface area (TPSA) is 80.6 Å². The largest absolute Gasteiger partial charge is 0.485 e. The molecule has 0 aliphatic carbocycles. The number of carbonyl (C=O) groups excluding carboxylic acids is 2. The van der Waals surface area contributed by atoms with E-state index in [0.29, 0.717) is 11.5 Å². The standard InChI is InChI=1S/C23H21F3N2O4/c1-14-7-9-19(15(2)11-14)31-12-16-8-10-20(32-16)22(30)28-18-6-4-3-5-17(18)21(29)27-13-23(24,25)26/h3-11H,12-13H2,1-2H3,(H,27,29)(H,28,30). The van der Waals surface area contributed by atoms with Gasteiger partial charge in [0, 0.05) is 0 Å². The van der Waals surface area contributed by atoms with Crippen LogP contribution in [0.4, 0.5) is 18.9 Å². The summed E-state index contributed by atoms with van der Waals surface area (Å²) in [7, 11) is 0. The molecule has 0 bridgehead atoms. The number of carbonyl (C=O) groups is 2. The number of aryl methyl sites for hydroxylation is 2. The van der Waals surface area contributed by atoms with Crippen molar-refractivity contribution in [3.63, 3.8) is 0 Å². The number of hydrogen-bond donors (Lipinski definition) is 2. The molecule has 2 N–H and O–H groups in total. The first-order chi connectivity index (χ1) is 15.1. The van der Waals surface area contributed by atoms with Crippen molar-refractivity contribution in [1.29, 1.82) is 0 Å². The van der Waals surface area contributed by atoms with Crippen LogP contribution >= 0.6 is 0 Å². The van der Waals surface area contributed by atoms with Crippen molar-refractivity contribution >= 4 is 17.5 Å². The highest BCUT2D eigenvalue weighted by Gasteiger charge is 2.28. The van der Waals surface area contributed by atoms with Crippen molar-refractivity contribution in [1.82, 2.24) is 5.32 Å². The van der Waals surface area contributed by atoms with Crippen molar-refractivity contribution in [3.8, 4) is 5.75 Å². The van der Waals surface area contributed by atoms with Crippen LogP contribution in [0.3, 0.4) is 0 Å². The van der Waals surface area contributed by atoms with E-state index in [0.717, 1.165) is 11.1 Å². The zero-order chi connectivity index (χ0) is 23.3. The summed E-state index contributed by atoms with van der Waals surface area (Å²) in [4.78, 5) is 24.6. The predicted molar refractivity (Wildman–Crippen MR) is 112 cm³/mol. The molecule has 168 valence electrons. The third-order valence-electron chi connectivity index (χ3n) is 4.46. The highest BCUT2D eigenvalue weighted by Crippen LogP contribution is 2.22. The Morgan fingerprint density at radius 2 is 1.75 bits per heavy atom.